The minimum Gasteiger partial charge on any atom is -0.494 e. The number of benzene rings is 2. The zero-order valence-electron chi connectivity index (χ0n) is 17.6. The summed E-state index contributed by atoms with van der Waals surface area (Å²) >= 11 is 0. The fourth-order valence-corrected chi connectivity index (χ4v) is 2.77. The summed E-state index contributed by atoms with van der Waals surface area (Å²) < 4.78 is 16.6. The lowest BCUT2D eigenvalue weighted by atomic mass is 10.2. The number of nitrogens with zero attached hydrogens (tertiary/aromatic N) is 2. The van der Waals surface area contributed by atoms with Crippen LogP contribution in [0.3, 0.4) is 0 Å². The number of carbonyl (C=O) groups excluding carboxylic acids is 1. The van der Waals surface area contributed by atoms with Crippen LogP contribution in [0, 0.1) is 0 Å². The van der Waals surface area contributed by atoms with Crippen molar-refractivity contribution in [2.24, 2.45) is 0 Å². The van der Waals surface area contributed by atoms with E-state index in [1.54, 1.807) is 0 Å². The van der Waals surface area contributed by atoms with E-state index in [0.29, 0.717) is 54.8 Å². The van der Waals surface area contributed by atoms with E-state index in [2.05, 4.69) is 15.5 Å². The summed E-state index contributed by atoms with van der Waals surface area (Å²) in [6, 6.07) is 14.7. The van der Waals surface area contributed by atoms with Crippen molar-refractivity contribution in [1.82, 2.24) is 10.1 Å². The maximum atomic E-state index is 12.4. The first-order chi connectivity index (χ1) is 14.5. The van der Waals surface area contributed by atoms with Gasteiger partial charge < -0.3 is 19.3 Å². The lowest BCUT2D eigenvalue weighted by molar-refractivity contribution is -0.116. The first kappa shape index (κ1) is 21.4. The second-order valence-electron chi connectivity index (χ2n) is 7.11. The lowest BCUT2D eigenvalue weighted by Gasteiger charge is -2.12. The molecule has 1 N–H and O–H groups in total. The molecule has 1 amide bonds. The van der Waals surface area contributed by atoms with Gasteiger partial charge in [0.05, 0.1) is 12.3 Å². The highest BCUT2D eigenvalue weighted by Crippen LogP contribution is 2.30. The number of hydrogen-bond donors (Lipinski definition) is 1. The SMILES string of the molecule is CCOc1ccc(Oc2ccccc2NC(=O)CCCc2nc(C(C)C)no2)cc1. The third-order valence-corrected chi connectivity index (χ3v) is 4.32. The number of rotatable bonds is 10. The molecule has 0 aliphatic rings. The average Bonchev–Trinajstić information content (AvgIpc) is 3.20. The van der Waals surface area contributed by atoms with Gasteiger partial charge in [0, 0.05) is 18.8 Å². The second-order valence-corrected chi connectivity index (χ2v) is 7.11. The summed E-state index contributed by atoms with van der Waals surface area (Å²) in [7, 11) is 0. The lowest BCUT2D eigenvalue weighted by Crippen LogP contribution is -2.12. The molecule has 0 unspecified atom stereocenters. The molecule has 0 radical (unpaired) electrons. The van der Waals surface area contributed by atoms with Gasteiger partial charge in [0.1, 0.15) is 11.5 Å². The summed E-state index contributed by atoms with van der Waals surface area (Å²) in [6.45, 7) is 6.57. The minimum atomic E-state index is -0.0960. The summed E-state index contributed by atoms with van der Waals surface area (Å²) in [5.41, 5.74) is 0.622. The molecular weight excluding hydrogens is 382 g/mol. The first-order valence-corrected chi connectivity index (χ1v) is 10.2. The number of para-hydroxylation sites is 2. The highest BCUT2D eigenvalue weighted by molar-refractivity contribution is 5.92. The minimum absolute atomic E-state index is 0.0960. The zero-order valence-corrected chi connectivity index (χ0v) is 17.6. The Bertz CT molecular complexity index is 951. The van der Waals surface area contributed by atoms with Gasteiger partial charge in [-0.3, -0.25) is 4.79 Å². The Labute approximate surface area is 176 Å². The van der Waals surface area contributed by atoms with E-state index in [-0.39, 0.29) is 11.8 Å². The number of amides is 1. The van der Waals surface area contributed by atoms with Crippen molar-refractivity contribution in [2.45, 2.75) is 46.0 Å². The molecule has 3 rings (SSSR count). The van der Waals surface area contributed by atoms with E-state index in [0.717, 1.165) is 5.75 Å². The number of ether oxygens (including phenoxy) is 2. The highest BCUT2D eigenvalue weighted by atomic mass is 16.5. The molecule has 158 valence electrons. The maximum Gasteiger partial charge on any atom is 0.226 e. The van der Waals surface area contributed by atoms with Gasteiger partial charge in [-0.25, -0.2) is 0 Å². The number of aryl methyl sites for hydroxylation is 1. The molecule has 2 aromatic carbocycles. The first-order valence-electron chi connectivity index (χ1n) is 10.2. The van der Waals surface area contributed by atoms with E-state index in [1.807, 2.05) is 69.3 Å². The fraction of sp³-hybridized carbons (Fsp3) is 0.348. The van der Waals surface area contributed by atoms with Gasteiger partial charge in [0.25, 0.3) is 0 Å². The Morgan fingerprint density at radius 2 is 1.83 bits per heavy atom. The van der Waals surface area contributed by atoms with Crippen molar-refractivity contribution in [3.8, 4) is 17.2 Å². The Balaban J connectivity index is 1.53. The summed E-state index contributed by atoms with van der Waals surface area (Å²) in [6.07, 6.45) is 1.53. The van der Waals surface area contributed by atoms with Crippen LogP contribution < -0.4 is 14.8 Å². The molecule has 0 aliphatic carbocycles. The normalized spacial score (nSPS) is 10.8. The van der Waals surface area contributed by atoms with Crippen LogP contribution in [0.1, 0.15) is 51.2 Å². The molecule has 1 heterocycles. The van der Waals surface area contributed by atoms with Gasteiger partial charge in [-0.15, -0.1) is 0 Å². The number of carbonyl (C=O) groups is 1. The van der Waals surface area contributed by atoms with E-state index < -0.39 is 0 Å². The molecule has 1 aromatic heterocycles. The van der Waals surface area contributed by atoms with Crippen molar-refractivity contribution in [3.63, 3.8) is 0 Å². The van der Waals surface area contributed by atoms with Crippen molar-refractivity contribution in [2.75, 3.05) is 11.9 Å². The Morgan fingerprint density at radius 3 is 2.53 bits per heavy atom. The maximum absolute atomic E-state index is 12.4. The van der Waals surface area contributed by atoms with Crippen molar-refractivity contribution in [1.29, 1.82) is 0 Å². The third-order valence-electron chi connectivity index (χ3n) is 4.32. The second kappa shape index (κ2) is 10.4. The van der Waals surface area contributed by atoms with Crippen molar-refractivity contribution in [3.05, 3.63) is 60.2 Å². The molecular formula is C23H27N3O4. The number of anilines is 1. The molecule has 3 aromatic rings. The van der Waals surface area contributed by atoms with E-state index in [9.17, 15) is 4.79 Å². The van der Waals surface area contributed by atoms with Gasteiger partial charge in [0.2, 0.25) is 11.8 Å². The molecule has 0 saturated heterocycles. The number of hydrogen-bond acceptors (Lipinski definition) is 6. The van der Waals surface area contributed by atoms with Crippen LogP contribution in [-0.4, -0.2) is 22.7 Å². The zero-order chi connectivity index (χ0) is 21.3. The van der Waals surface area contributed by atoms with Crippen LogP contribution in [0.25, 0.3) is 0 Å². The fourth-order valence-electron chi connectivity index (χ4n) is 2.77. The Kier molecular flexibility index (Phi) is 7.43. The van der Waals surface area contributed by atoms with Crippen LogP contribution in [0.5, 0.6) is 17.2 Å². The summed E-state index contributed by atoms with van der Waals surface area (Å²) in [5.74, 6) is 3.40. The van der Waals surface area contributed by atoms with Crippen LogP contribution >= 0.6 is 0 Å². The molecule has 0 bridgehead atoms. The van der Waals surface area contributed by atoms with Crippen LogP contribution in [0.4, 0.5) is 5.69 Å². The predicted molar refractivity (Wildman–Crippen MR) is 114 cm³/mol. The molecule has 7 nitrogen and oxygen atoms in total. The van der Waals surface area contributed by atoms with Gasteiger partial charge in [-0.2, -0.15) is 4.98 Å². The van der Waals surface area contributed by atoms with E-state index >= 15 is 0 Å². The molecule has 7 heteroatoms. The standard InChI is InChI=1S/C23H27N3O4/c1-4-28-17-12-14-18(15-13-17)29-20-9-6-5-8-19(20)24-21(27)10-7-11-22-25-23(16(2)3)26-30-22/h5-6,8-9,12-16H,4,7,10-11H2,1-3H3,(H,24,27). The van der Waals surface area contributed by atoms with E-state index in [4.69, 9.17) is 14.0 Å². The summed E-state index contributed by atoms with van der Waals surface area (Å²) in [5, 5.41) is 6.85. The molecule has 0 fully saturated rings. The van der Waals surface area contributed by atoms with Crippen LogP contribution in [0.2, 0.25) is 0 Å². The average molecular weight is 409 g/mol. The van der Waals surface area contributed by atoms with Crippen molar-refractivity contribution < 1.29 is 18.8 Å². The van der Waals surface area contributed by atoms with E-state index in [1.165, 1.54) is 0 Å². The Morgan fingerprint density at radius 1 is 1.10 bits per heavy atom. The monoisotopic (exact) mass is 409 g/mol. The molecule has 0 atom stereocenters. The van der Waals surface area contributed by atoms with Gasteiger partial charge in [0.15, 0.2) is 11.6 Å². The molecule has 0 spiro atoms. The quantitative estimate of drug-likeness (QED) is 0.486. The smallest absolute Gasteiger partial charge is 0.226 e. The Hall–Kier alpha value is -3.35. The van der Waals surface area contributed by atoms with Crippen LogP contribution in [0.15, 0.2) is 53.1 Å². The predicted octanol–water partition coefficient (Wildman–Crippen LogP) is 5.35. The molecule has 0 aliphatic heterocycles. The largest absolute Gasteiger partial charge is 0.494 e. The highest BCUT2D eigenvalue weighted by Gasteiger charge is 2.12. The topological polar surface area (TPSA) is 86.5 Å². The summed E-state index contributed by atoms with van der Waals surface area (Å²) in [4.78, 5) is 16.7. The van der Waals surface area contributed by atoms with Gasteiger partial charge >= 0.3 is 0 Å². The van der Waals surface area contributed by atoms with Crippen molar-refractivity contribution >= 4 is 11.6 Å². The molecule has 30 heavy (non-hydrogen) atoms. The van der Waals surface area contributed by atoms with Gasteiger partial charge in [-0.05, 0) is 49.7 Å². The number of aromatic nitrogens is 2. The third kappa shape index (κ3) is 6.07. The number of nitrogens with one attached hydrogen (secondary N) is 1. The molecule has 0 saturated carbocycles. The van der Waals surface area contributed by atoms with Gasteiger partial charge in [-0.1, -0.05) is 31.1 Å². The van der Waals surface area contributed by atoms with Crippen LogP contribution in [-0.2, 0) is 11.2 Å².